The van der Waals surface area contributed by atoms with Crippen LogP contribution in [0, 0.1) is 11.3 Å². The fraction of sp³-hybridized carbons (Fsp3) is 0. The third-order valence-electron chi connectivity index (χ3n) is 6.51. The zero-order chi connectivity index (χ0) is 20.5. The molecule has 0 radical (unpaired) electrons. The molecule has 0 amide bonds. The molecule has 0 spiro atoms. The summed E-state index contributed by atoms with van der Waals surface area (Å²) in [6.07, 6.45) is 0. The molecule has 2 heteroatoms. The number of hydrogen-bond acceptors (Lipinski definition) is 1. The zero-order valence-electron chi connectivity index (χ0n) is 16.6. The molecule has 7 rings (SSSR count). The van der Waals surface area contributed by atoms with Crippen molar-refractivity contribution in [3.05, 3.63) is 103 Å². The van der Waals surface area contributed by atoms with Gasteiger partial charge in [0.15, 0.2) is 0 Å². The maximum atomic E-state index is 9.39. The Morgan fingerprint density at radius 3 is 2.29 bits per heavy atom. The van der Waals surface area contributed by atoms with Gasteiger partial charge < -0.3 is 4.40 Å². The minimum atomic E-state index is 0.683. The molecular formula is C29H16N2. The molecule has 2 nitrogen and oxygen atoms in total. The first-order chi connectivity index (χ1) is 15.3. The van der Waals surface area contributed by atoms with Crippen molar-refractivity contribution in [2.24, 2.45) is 0 Å². The van der Waals surface area contributed by atoms with Crippen molar-refractivity contribution in [2.45, 2.75) is 0 Å². The summed E-state index contributed by atoms with van der Waals surface area (Å²) >= 11 is 0. The highest BCUT2D eigenvalue weighted by molar-refractivity contribution is 6.29. The van der Waals surface area contributed by atoms with E-state index in [1.807, 2.05) is 18.2 Å². The van der Waals surface area contributed by atoms with Crippen molar-refractivity contribution in [1.29, 1.82) is 5.26 Å². The maximum absolute atomic E-state index is 9.39. The molecule has 0 aliphatic rings. The number of para-hydroxylation sites is 1. The highest BCUT2D eigenvalue weighted by atomic mass is 14.9. The maximum Gasteiger partial charge on any atom is 0.0991 e. The standard InChI is InChI=1S/C29H16N2/c30-17-18-6-5-8-20(14-18)21-15-24-23-10-3-4-11-26(23)31-27-13-12-19-7-1-2-9-22(19)28(27)25(16-21)29(24)31/h1-16H. The highest BCUT2D eigenvalue weighted by Gasteiger charge is 2.19. The molecule has 7 aromatic rings. The van der Waals surface area contributed by atoms with Gasteiger partial charge in [0.25, 0.3) is 0 Å². The predicted molar refractivity (Wildman–Crippen MR) is 129 cm³/mol. The summed E-state index contributed by atoms with van der Waals surface area (Å²) in [4.78, 5) is 0. The Morgan fingerprint density at radius 1 is 0.581 bits per heavy atom. The largest absolute Gasteiger partial charge is 0.308 e. The number of nitriles is 1. The van der Waals surface area contributed by atoms with E-state index >= 15 is 0 Å². The third-order valence-corrected chi connectivity index (χ3v) is 6.51. The lowest BCUT2D eigenvalue weighted by Gasteiger charge is -2.06. The molecule has 0 bridgehead atoms. The van der Waals surface area contributed by atoms with Crippen LogP contribution in [-0.2, 0) is 0 Å². The van der Waals surface area contributed by atoms with Gasteiger partial charge in [-0.1, -0.05) is 60.7 Å². The van der Waals surface area contributed by atoms with Gasteiger partial charge in [0, 0.05) is 21.5 Å². The Morgan fingerprint density at radius 2 is 1.39 bits per heavy atom. The fourth-order valence-corrected chi connectivity index (χ4v) is 5.20. The van der Waals surface area contributed by atoms with Gasteiger partial charge in [0.05, 0.1) is 28.2 Å². The van der Waals surface area contributed by atoms with Crippen LogP contribution in [0.15, 0.2) is 97.1 Å². The molecule has 5 aromatic carbocycles. The molecule has 2 aromatic heterocycles. The lowest BCUT2D eigenvalue weighted by atomic mass is 9.97. The summed E-state index contributed by atoms with van der Waals surface area (Å²) < 4.78 is 2.41. The summed E-state index contributed by atoms with van der Waals surface area (Å²) in [7, 11) is 0. The Bertz CT molecular complexity index is 1850. The van der Waals surface area contributed by atoms with Gasteiger partial charge in [-0.3, -0.25) is 0 Å². The van der Waals surface area contributed by atoms with Crippen molar-refractivity contribution in [1.82, 2.24) is 4.40 Å². The van der Waals surface area contributed by atoms with Gasteiger partial charge in [0.2, 0.25) is 0 Å². The van der Waals surface area contributed by atoms with E-state index in [2.05, 4.69) is 89.3 Å². The third kappa shape index (κ3) is 2.10. The van der Waals surface area contributed by atoms with Gasteiger partial charge in [-0.25, -0.2) is 0 Å². The second-order valence-electron chi connectivity index (χ2n) is 8.15. The monoisotopic (exact) mass is 392 g/mol. The van der Waals surface area contributed by atoms with Crippen LogP contribution in [0.2, 0.25) is 0 Å². The summed E-state index contributed by atoms with van der Waals surface area (Å²) in [5.41, 5.74) is 6.64. The first kappa shape index (κ1) is 16.4. The van der Waals surface area contributed by atoms with Crippen molar-refractivity contribution in [3.8, 4) is 17.2 Å². The van der Waals surface area contributed by atoms with E-state index in [1.54, 1.807) is 0 Å². The molecule has 0 saturated heterocycles. The Hall–Kier alpha value is -4.35. The SMILES string of the molecule is N#Cc1cccc(-c2cc3c4ccccc4n4c5ccc6ccccc6c5c(c2)c34)c1. The van der Waals surface area contributed by atoms with E-state index in [0.29, 0.717) is 5.56 Å². The van der Waals surface area contributed by atoms with Crippen LogP contribution in [0.5, 0.6) is 0 Å². The van der Waals surface area contributed by atoms with Crippen molar-refractivity contribution < 1.29 is 0 Å². The molecule has 0 N–H and O–H groups in total. The number of fused-ring (bicyclic) bond motifs is 8. The molecule has 31 heavy (non-hydrogen) atoms. The van der Waals surface area contributed by atoms with E-state index in [0.717, 1.165) is 11.1 Å². The molecule has 142 valence electrons. The van der Waals surface area contributed by atoms with Crippen LogP contribution in [-0.4, -0.2) is 4.40 Å². The van der Waals surface area contributed by atoms with Crippen molar-refractivity contribution in [2.75, 3.05) is 0 Å². The number of benzene rings is 5. The lowest BCUT2D eigenvalue weighted by Crippen LogP contribution is -1.81. The Kier molecular flexibility index (Phi) is 3.10. The lowest BCUT2D eigenvalue weighted by molar-refractivity contribution is 1.37. The second-order valence-corrected chi connectivity index (χ2v) is 8.15. The minimum Gasteiger partial charge on any atom is -0.308 e. The highest BCUT2D eigenvalue weighted by Crippen LogP contribution is 2.43. The summed E-state index contributed by atoms with van der Waals surface area (Å²) in [5.74, 6) is 0. The predicted octanol–water partition coefficient (Wildman–Crippen LogP) is 7.53. The van der Waals surface area contributed by atoms with Crippen LogP contribution in [0.4, 0.5) is 0 Å². The second kappa shape index (κ2) is 5.84. The number of aromatic nitrogens is 1. The number of nitrogens with zero attached hydrogens (tertiary/aromatic N) is 2. The van der Waals surface area contributed by atoms with Gasteiger partial charge in [-0.2, -0.15) is 5.26 Å². The van der Waals surface area contributed by atoms with E-state index in [-0.39, 0.29) is 0 Å². The molecule has 0 aliphatic carbocycles. The summed E-state index contributed by atoms with van der Waals surface area (Å²) in [6.45, 7) is 0. The van der Waals surface area contributed by atoms with Crippen LogP contribution < -0.4 is 0 Å². The average molecular weight is 392 g/mol. The van der Waals surface area contributed by atoms with Gasteiger partial charge in [-0.05, 0) is 58.3 Å². The van der Waals surface area contributed by atoms with Crippen molar-refractivity contribution in [3.63, 3.8) is 0 Å². The smallest absolute Gasteiger partial charge is 0.0991 e. The first-order valence-corrected chi connectivity index (χ1v) is 10.4. The Labute approximate surface area is 178 Å². The van der Waals surface area contributed by atoms with Gasteiger partial charge in [-0.15, -0.1) is 0 Å². The zero-order valence-corrected chi connectivity index (χ0v) is 16.6. The van der Waals surface area contributed by atoms with E-state index < -0.39 is 0 Å². The first-order valence-electron chi connectivity index (χ1n) is 10.4. The minimum absolute atomic E-state index is 0.683. The summed E-state index contributed by atoms with van der Waals surface area (Å²) in [6, 6.07) is 36.5. The van der Waals surface area contributed by atoms with E-state index in [9.17, 15) is 5.26 Å². The number of rotatable bonds is 1. The molecule has 2 heterocycles. The normalized spacial score (nSPS) is 11.8. The average Bonchev–Trinajstić information content (AvgIpc) is 3.35. The summed E-state index contributed by atoms with van der Waals surface area (Å²) in [5, 5.41) is 17.0. The molecule has 0 aliphatic heterocycles. The van der Waals surface area contributed by atoms with Crippen LogP contribution in [0.3, 0.4) is 0 Å². The number of hydrogen-bond donors (Lipinski definition) is 0. The molecule has 0 saturated carbocycles. The molecular weight excluding hydrogens is 376 g/mol. The topological polar surface area (TPSA) is 28.2 Å². The fourth-order valence-electron chi connectivity index (χ4n) is 5.20. The van der Waals surface area contributed by atoms with Gasteiger partial charge >= 0.3 is 0 Å². The van der Waals surface area contributed by atoms with Gasteiger partial charge in [0.1, 0.15) is 0 Å². The molecule has 0 fully saturated rings. The van der Waals surface area contributed by atoms with E-state index in [1.165, 1.54) is 48.9 Å². The molecule has 0 unspecified atom stereocenters. The molecule has 0 atom stereocenters. The Balaban J connectivity index is 1.76. The quantitative estimate of drug-likeness (QED) is 0.284. The van der Waals surface area contributed by atoms with Crippen LogP contribution >= 0.6 is 0 Å². The van der Waals surface area contributed by atoms with Crippen LogP contribution in [0.1, 0.15) is 5.56 Å². The van der Waals surface area contributed by atoms with E-state index in [4.69, 9.17) is 0 Å². The van der Waals surface area contributed by atoms with Crippen molar-refractivity contribution >= 4 is 48.9 Å². The van der Waals surface area contributed by atoms with Crippen LogP contribution in [0.25, 0.3) is 60.0 Å².